The average molecular weight is 359 g/mol. The molecular formula is C15H19ClN2O6. The fourth-order valence-electron chi connectivity index (χ4n) is 1.87. The maximum absolute atomic E-state index is 12.3. The predicted octanol–water partition coefficient (Wildman–Crippen LogP) is 1.05. The number of nitrogens with two attached hydrogens (primary N) is 1. The van der Waals surface area contributed by atoms with Crippen LogP contribution >= 0.6 is 11.6 Å². The number of aliphatic carboxylic acids is 1. The third-order valence-electron chi connectivity index (χ3n) is 3.07. The van der Waals surface area contributed by atoms with Crippen LogP contribution in [0.4, 0.5) is 0 Å². The third kappa shape index (κ3) is 5.02. The average Bonchev–Trinajstić information content (AvgIpc) is 2.49. The zero-order valence-corrected chi connectivity index (χ0v) is 14.2. The molecule has 1 aromatic carbocycles. The van der Waals surface area contributed by atoms with Crippen LogP contribution in [0.3, 0.4) is 0 Å². The number of carboxylic acids is 1. The van der Waals surface area contributed by atoms with Gasteiger partial charge in [0.15, 0.2) is 18.1 Å². The zero-order chi connectivity index (χ0) is 18.4. The van der Waals surface area contributed by atoms with Crippen LogP contribution in [0.2, 0.25) is 5.02 Å². The molecule has 0 saturated carbocycles. The molecule has 0 heterocycles. The van der Waals surface area contributed by atoms with Gasteiger partial charge in [-0.3, -0.25) is 9.59 Å². The molecule has 132 valence electrons. The van der Waals surface area contributed by atoms with Crippen molar-refractivity contribution in [1.29, 1.82) is 0 Å². The second kappa shape index (κ2) is 8.39. The largest absolute Gasteiger partial charge is 0.493 e. The van der Waals surface area contributed by atoms with Crippen LogP contribution in [0.5, 0.6) is 11.5 Å². The first-order valence-corrected chi connectivity index (χ1v) is 7.37. The fraction of sp³-hybridized carbons (Fsp3) is 0.400. The highest BCUT2D eigenvalue weighted by Gasteiger charge is 2.25. The third-order valence-corrected chi connectivity index (χ3v) is 3.35. The van der Waals surface area contributed by atoms with E-state index in [0.717, 1.165) is 0 Å². The minimum Gasteiger partial charge on any atom is -0.493 e. The van der Waals surface area contributed by atoms with Gasteiger partial charge in [0.2, 0.25) is 0 Å². The number of benzene rings is 1. The lowest BCUT2D eigenvalue weighted by molar-refractivity contribution is -0.140. The van der Waals surface area contributed by atoms with E-state index in [2.05, 4.69) is 5.32 Å². The summed E-state index contributed by atoms with van der Waals surface area (Å²) in [6.45, 7) is 2.94. The normalized spacial score (nSPS) is 11.7. The van der Waals surface area contributed by atoms with E-state index in [4.69, 9.17) is 31.9 Å². The Labute approximate surface area is 143 Å². The Morgan fingerprint density at radius 2 is 1.96 bits per heavy atom. The van der Waals surface area contributed by atoms with Crippen LogP contribution in [0.25, 0.3) is 0 Å². The highest BCUT2D eigenvalue weighted by molar-refractivity contribution is 6.32. The summed E-state index contributed by atoms with van der Waals surface area (Å²) < 4.78 is 10.2. The number of hydrogen-bond acceptors (Lipinski definition) is 5. The molecule has 1 rings (SSSR count). The lowest BCUT2D eigenvalue weighted by atomic mass is 10.0. The number of rotatable bonds is 8. The van der Waals surface area contributed by atoms with Crippen molar-refractivity contribution in [3.63, 3.8) is 0 Å². The number of nitrogens with one attached hydrogen (secondary N) is 1. The molecule has 0 bridgehead atoms. The van der Waals surface area contributed by atoms with Crippen LogP contribution in [0.15, 0.2) is 12.1 Å². The van der Waals surface area contributed by atoms with E-state index < -0.39 is 30.4 Å². The molecule has 0 spiro atoms. The SMILES string of the molecule is COc1cc(C(=O)N[C@@H](C(=O)O)C(C)C)cc(Cl)c1OCC(N)=O. The van der Waals surface area contributed by atoms with Crippen molar-refractivity contribution in [2.45, 2.75) is 19.9 Å². The van der Waals surface area contributed by atoms with Gasteiger partial charge in [0, 0.05) is 5.56 Å². The Morgan fingerprint density at radius 3 is 2.42 bits per heavy atom. The number of carboxylic acid groups (broad SMARTS) is 1. The van der Waals surface area contributed by atoms with Crippen LogP contribution in [0, 0.1) is 5.92 Å². The number of halogens is 1. The summed E-state index contributed by atoms with van der Waals surface area (Å²) >= 11 is 6.05. The molecular weight excluding hydrogens is 340 g/mol. The molecule has 0 unspecified atom stereocenters. The molecule has 1 atom stereocenters. The minimum absolute atomic E-state index is 0.0252. The van der Waals surface area contributed by atoms with Gasteiger partial charge < -0.3 is 25.6 Å². The highest BCUT2D eigenvalue weighted by Crippen LogP contribution is 2.36. The van der Waals surface area contributed by atoms with E-state index in [1.54, 1.807) is 13.8 Å². The van der Waals surface area contributed by atoms with Crippen LogP contribution in [-0.4, -0.2) is 42.6 Å². The molecule has 2 amide bonds. The molecule has 0 aliphatic heterocycles. The molecule has 8 nitrogen and oxygen atoms in total. The summed E-state index contributed by atoms with van der Waals surface area (Å²) in [5.41, 5.74) is 5.10. The predicted molar refractivity (Wildman–Crippen MR) is 86.4 cm³/mol. The number of carbonyl (C=O) groups excluding carboxylic acids is 2. The summed E-state index contributed by atoms with van der Waals surface area (Å²) in [5.74, 6) is -2.59. The summed E-state index contributed by atoms with van der Waals surface area (Å²) in [4.78, 5) is 34.2. The first kappa shape index (κ1) is 19.6. The highest BCUT2D eigenvalue weighted by atomic mass is 35.5. The van der Waals surface area contributed by atoms with Crippen LogP contribution < -0.4 is 20.5 Å². The molecule has 0 aliphatic rings. The lowest BCUT2D eigenvalue weighted by Gasteiger charge is -2.19. The Bertz CT molecular complexity index is 647. The number of amides is 2. The van der Waals surface area contributed by atoms with Gasteiger partial charge in [-0.1, -0.05) is 25.4 Å². The molecule has 4 N–H and O–H groups in total. The van der Waals surface area contributed by atoms with Crippen LogP contribution in [0.1, 0.15) is 24.2 Å². The standard InChI is InChI=1S/C15H19ClN2O6/c1-7(2)12(15(21)22)18-14(20)8-4-9(16)13(10(5-8)23-3)24-6-11(17)19/h4-5,7,12H,6H2,1-3H3,(H2,17,19)(H,18,20)(H,21,22)/t12-/m1/s1. The fourth-order valence-corrected chi connectivity index (χ4v) is 2.14. The molecule has 0 fully saturated rings. The number of primary amides is 1. The van der Waals surface area contributed by atoms with Gasteiger partial charge in [-0.15, -0.1) is 0 Å². The number of hydrogen-bond donors (Lipinski definition) is 3. The van der Waals surface area contributed by atoms with Gasteiger partial charge in [0.25, 0.3) is 11.8 Å². The number of carbonyl (C=O) groups is 3. The summed E-state index contributed by atoms with van der Waals surface area (Å²) in [6, 6.07) is 1.57. The summed E-state index contributed by atoms with van der Waals surface area (Å²) in [6.07, 6.45) is 0. The van der Waals surface area contributed by atoms with Crippen molar-refractivity contribution >= 4 is 29.4 Å². The zero-order valence-electron chi connectivity index (χ0n) is 13.5. The molecule has 24 heavy (non-hydrogen) atoms. The van der Waals surface area contributed by atoms with E-state index in [0.29, 0.717) is 0 Å². The van der Waals surface area contributed by atoms with Crippen molar-refractivity contribution < 1.29 is 29.0 Å². The topological polar surface area (TPSA) is 128 Å². The maximum Gasteiger partial charge on any atom is 0.326 e. The van der Waals surface area contributed by atoms with E-state index in [9.17, 15) is 14.4 Å². The van der Waals surface area contributed by atoms with Crippen molar-refractivity contribution in [3.05, 3.63) is 22.7 Å². The number of ether oxygens (including phenoxy) is 2. The van der Waals surface area contributed by atoms with Crippen molar-refractivity contribution in [2.24, 2.45) is 11.7 Å². The Balaban J connectivity index is 3.08. The van der Waals surface area contributed by atoms with Gasteiger partial charge in [-0.2, -0.15) is 0 Å². The minimum atomic E-state index is -1.14. The summed E-state index contributed by atoms with van der Waals surface area (Å²) in [7, 11) is 1.33. The first-order valence-electron chi connectivity index (χ1n) is 6.99. The second-order valence-electron chi connectivity index (χ2n) is 5.28. The van der Waals surface area contributed by atoms with E-state index in [-0.39, 0.29) is 28.0 Å². The maximum atomic E-state index is 12.3. The van der Waals surface area contributed by atoms with E-state index >= 15 is 0 Å². The quantitative estimate of drug-likeness (QED) is 0.637. The van der Waals surface area contributed by atoms with Crippen molar-refractivity contribution in [3.8, 4) is 11.5 Å². The Hall–Kier alpha value is -2.48. The molecule has 9 heteroatoms. The Morgan fingerprint density at radius 1 is 1.33 bits per heavy atom. The molecule has 0 aromatic heterocycles. The van der Waals surface area contributed by atoms with Gasteiger partial charge in [0.05, 0.1) is 12.1 Å². The molecule has 0 radical (unpaired) electrons. The van der Waals surface area contributed by atoms with Gasteiger partial charge in [-0.25, -0.2) is 4.79 Å². The van der Waals surface area contributed by atoms with Gasteiger partial charge in [0.1, 0.15) is 6.04 Å². The Kier molecular flexibility index (Phi) is 6.84. The lowest BCUT2D eigenvalue weighted by Crippen LogP contribution is -2.44. The number of methoxy groups -OCH3 is 1. The molecule has 0 aliphatic carbocycles. The first-order chi connectivity index (χ1) is 11.2. The van der Waals surface area contributed by atoms with Crippen LogP contribution in [-0.2, 0) is 9.59 Å². The molecule has 1 aromatic rings. The van der Waals surface area contributed by atoms with E-state index in [1.165, 1.54) is 19.2 Å². The summed E-state index contributed by atoms with van der Waals surface area (Å²) in [5, 5.41) is 11.6. The monoisotopic (exact) mass is 358 g/mol. The molecule has 0 saturated heterocycles. The van der Waals surface area contributed by atoms with Crippen molar-refractivity contribution in [2.75, 3.05) is 13.7 Å². The van der Waals surface area contributed by atoms with E-state index in [1.807, 2.05) is 0 Å². The van der Waals surface area contributed by atoms with Gasteiger partial charge in [-0.05, 0) is 18.1 Å². The second-order valence-corrected chi connectivity index (χ2v) is 5.69. The van der Waals surface area contributed by atoms with Gasteiger partial charge >= 0.3 is 5.97 Å². The smallest absolute Gasteiger partial charge is 0.326 e. The van der Waals surface area contributed by atoms with Crippen molar-refractivity contribution in [1.82, 2.24) is 5.32 Å².